The number of terminal acetylenes is 1. The van der Waals surface area contributed by atoms with Gasteiger partial charge in [-0.1, -0.05) is 67.6 Å². The molecule has 3 unspecified atom stereocenters. The van der Waals surface area contributed by atoms with Gasteiger partial charge in [-0.25, -0.2) is 15.0 Å². The summed E-state index contributed by atoms with van der Waals surface area (Å²) in [7, 11) is 0. The van der Waals surface area contributed by atoms with E-state index in [2.05, 4.69) is 77.2 Å². The van der Waals surface area contributed by atoms with Gasteiger partial charge in [-0.2, -0.15) is 0 Å². The van der Waals surface area contributed by atoms with Crippen molar-refractivity contribution in [1.82, 2.24) is 19.5 Å². The Labute approximate surface area is 205 Å². The van der Waals surface area contributed by atoms with E-state index in [9.17, 15) is 5.11 Å². The standard InChI is InChI=1S/C29H29N5O/c1-4-17-34-19-30-26-27(31-21(3)23-13-7-11-22-10-5-6-12-24(22)23)32-25(33-28(26)34)14-16-29(35)15-8-9-20(2)18-29/h1,5-7,10-13,19-21,35H,8-9,15,17-18H2,2-3H3,(H,31,32,33). The number of nitrogens with one attached hydrogen (secondary N) is 1. The smallest absolute Gasteiger partial charge is 0.209 e. The minimum atomic E-state index is -1.00. The van der Waals surface area contributed by atoms with Gasteiger partial charge in [0, 0.05) is 0 Å². The maximum absolute atomic E-state index is 11.0. The fraction of sp³-hybridized carbons (Fsp3) is 0.345. The zero-order chi connectivity index (χ0) is 24.4. The second-order valence-electron chi connectivity index (χ2n) is 9.56. The van der Waals surface area contributed by atoms with Crippen molar-refractivity contribution in [3.8, 4) is 24.2 Å². The molecule has 0 aliphatic heterocycles. The monoisotopic (exact) mass is 463 g/mol. The van der Waals surface area contributed by atoms with Gasteiger partial charge in [0.05, 0.1) is 18.9 Å². The van der Waals surface area contributed by atoms with Crippen LogP contribution < -0.4 is 5.32 Å². The summed E-state index contributed by atoms with van der Waals surface area (Å²) in [6, 6.07) is 14.6. The van der Waals surface area contributed by atoms with Crippen molar-refractivity contribution >= 4 is 27.8 Å². The van der Waals surface area contributed by atoms with E-state index in [1.165, 1.54) is 10.8 Å². The number of imidazole rings is 1. The van der Waals surface area contributed by atoms with E-state index < -0.39 is 5.60 Å². The van der Waals surface area contributed by atoms with Crippen LogP contribution in [0.1, 0.15) is 57.0 Å². The lowest BCUT2D eigenvalue weighted by atomic mass is 9.79. The molecule has 4 aromatic rings. The highest BCUT2D eigenvalue weighted by molar-refractivity contribution is 5.87. The van der Waals surface area contributed by atoms with E-state index in [1.54, 1.807) is 6.33 Å². The van der Waals surface area contributed by atoms with Gasteiger partial charge >= 0.3 is 0 Å². The van der Waals surface area contributed by atoms with Gasteiger partial charge in [0.15, 0.2) is 17.0 Å². The Morgan fingerprint density at radius 1 is 1.23 bits per heavy atom. The molecule has 0 radical (unpaired) electrons. The van der Waals surface area contributed by atoms with E-state index in [-0.39, 0.29) is 6.04 Å². The Balaban J connectivity index is 1.54. The van der Waals surface area contributed by atoms with Crippen LogP contribution >= 0.6 is 0 Å². The average molecular weight is 464 g/mol. The first-order valence-corrected chi connectivity index (χ1v) is 12.1. The van der Waals surface area contributed by atoms with Crippen LogP contribution in [0.2, 0.25) is 0 Å². The molecule has 1 aliphatic carbocycles. The van der Waals surface area contributed by atoms with Crippen LogP contribution in [0.4, 0.5) is 5.82 Å². The molecule has 176 valence electrons. The van der Waals surface area contributed by atoms with Gasteiger partial charge < -0.3 is 15.0 Å². The molecule has 6 heteroatoms. The Morgan fingerprint density at radius 2 is 2.06 bits per heavy atom. The van der Waals surface area contributed by atoms with Crippen molar-refractivity contribution in [1.29, 1.82) is 0 Å². The maximum Gasteiger partial charge on any atom is 0.209 e. The summed E-state index contributed by atoms with van der Waals surface area (Å²) in [6.07, 6.45) is 10.7. The normalized spacial score (nSPS) is 20.7. The molecule has 2 heterocycles. The van der Waals surface area contributed by atoms with E-state index in [1.807, 2.05) is 16.7 Å². The van der Waals surface area contributed by atoms with Crippen LogP contribution in [0.15, 0.2) is 48.8 Å². The molecule has 1 saturated carbocycles. The van der Waals surface area contributed by atoms with Crippen molar-refractivity contribution in [3.05, 3.63) is 60.2 Å². The summed E-state index contributed by atoms with van der Waals surface area (Å²) in [4.78, 5) is 13.9. The van der Waals surface area contributed by atoms with Crippen molar-refractivity contribution < 1.29 is 5.11 Å². The third-order valence-electron chi connectivity index (χ3n) is 6.75. The Kier molecular flexibility index (Phi) is 6.16. The van der Waals surface area contributed by atoms with E-state index in [0.717, 1.165) is 18.4 Å². The maximum atomic E-state index is 11.0. The van der Waals surface area contributed by atoms with Crippen LogP contribution in [0.5, 0.6) is 0 Å². The fourth-order valence-electron chi connectivity index (χ4n) is 5.04. The number of hydrogen-bond donors (Lipinski definition) is 2. The van der Waals surface area contributed by atoms with Gasteiger partial charge in [0.2, 0.25) is 5.82 Å². The van der Waals surface area contributed by atoms with Crippen molar-refractivity contribution in [2.75, 3.05) is 5.32 Å². The number of benzene rings is 2. The van der Waals surface area contributed by atoms with Gasteiger partial charge in [-0.05, 0) is 54.4 Å². The summed E-state index contributed by atoms with van der Waals surface area (Å²) in [5, 5.41) is 16.9. The molecule has 2 aromatic carbocycles. The van der Waals surface area contributed by atoms with Crippen molar-refractivity contribution in [3.63, 3.8) is 0 Å². The predicted octanol–water partition coefficient (Wildman–Crippen LogP) is 5.08. The largest absolute Gasteiger partial charge is 0.378 e. The summed E-state index contributed by atoms with van der Waals surface area (Å²) in [5.41, 5.74) is 1.43. The van der Waals surface area contributed by atoms with Crippen molar-refractivity contribution in [2.24, 2.45) is 5.92 Å². The third-order valence-corrected chi connectivity index (χ3v) is 6.75. The van der Waals surface area contributed by atoms with Gasteiger partial charge in [0.1, 0.15) is 5.60 Å². The molecular weight excluding hydrogens is 434 g/mol. The highest BCUT2D eigenvalue weighted by atomic mass is 16.3. The van der Waals surface area contributed by atoms with Crippen LogP contribution in [0, 0.1) is 30.1 Å². The van der Waals surface area contributed by atoms with Crippen LogP contribution in [-0.4, -0.2) is 30.2 Å². The first kappa shape index (κ1) is 22.9. The van der Waals surface area contributed by atoms with E-state index >= 15 is 0 Å². The molecule has 0 amide bonds. The number of hydrogen-bond acceptors (Lipinski definition) is 5. The SMILES string of the molecule is C#CCn1cnc2c(NC(C)c3cccc4ccccc34)nc(C#CC3(O)CCCC(C)C3)nc21. The number of aliphatic hydroxyl groups is 1. The van der Waals surface area contributed by atoms with Crippen LogP contribution in [0.25, 0.3) is 21.9 Å². The Bertz CT molecular complexity index is 1480. The lowest BCUT2D eigenvalue weighted by molar-refractivity contribution is 0.0410. The molecule has 6 nitrogen and oxygen atoms in total. The topological polar surface area (TPSA) is 75.9 Å². The Hall–Kier alpha value is -3.87. The molecule has 0 saturated heterocycles. The molecule has 2 N–H and O–H groups in total. The highest BCUT2D eigenvalue weighted by Gasteiger charge is 2.30. The molecule has 1 aliphatic rings. The third kappa shape index (κ3) is 4.71. The number of aromatic nitrogens is 4. The summed E-state index contributed by atoms with van der Waals surface area (Å²) in [5.74, 6) is 10.2. The summed E-state index contributed by atoms with van der Waals surface area (Å²) < 4.78 is 1.81. The van der Waals surface area contributed by atoms with Crippen LogP contribution in [0.3, 0.4) is 0 Å². The quantitative estimate of drug-likeness (QED) is 0.413. The Morgan fingerprint density at radius 3 is 2.89 bits per heavy atom. The number of nitrogens with zero attached hydrogens (tertiary/aromatic N) is 4. The van der Waals surface area contributed by atoms with E-state index in [4.69, 9.17) is 11.4 Å². The zero-order valence-electron chi connectivity index (χ0n) is 20.1. The van der Waals surface area contributed by atoms with Gasteiger partial charge in [-0.3, -0.25) is 0 Å². The van der Waals surface area contributed by atoms with Gasteiger partial charge in [0.25, 0.3) is 0 Å². The summed E-state index contributed by atoms with van der Waals surface area (Å²) >= 11 is 0. The first-order chi connectivity index (χ1) is 17.0. The number of fused-ring (bicyclic) bond motifs is 2. The number of anilines is 1. The molecule has 3 atom stereocenters. The highest BCUT2D eigenvalue weighted by Crippen LogP contribution is 2.32. The lowest BCUT2D eigenvalue weighted by Crippen LogP contribution is -2.32. The van der Waals surface area contributed by atoms with E-state index in [0.29, 0.717) is 48.1 Å². The molecular formula is C29H29N5O. The minimum absolute atomic E-state index is 0.0406. The predicted molar refractivity (Wildman–Crippen MR) is 140 cm³/mol. The fourth-order valence-corrected chi connectivity index (χ4v) is 5.04. The van der Waals surface area contributed by atoms with Gasteiger partial charge in [-0.15, -0.1) is 6.42 Å². The molecule has 5 rings (SSSR count). The molecule has 2 aromatic heterocycles. The second kappa shape index (κ2) is 9.41. The second-order valence-corrected chi connectivity index (χ2v) is 9.56. The average Bonchev–Trinajstić information content (AvgIpc) is 3.25. The molecule has 35 heavy (non-hydrogen) atoms. The zero-order valence-corrected chi connectivity index (χ0v) is 20.1. The van der Waals surface area contributed by atoms with Crippen LogP contribution in [-0.2, 0) is 6.54 Å². The molecule has 0 spiro atoms. The minimum Gasteiger partial charge on any atom is -0.378 e. The number of rotatable bonds is 4. The van der Waals surface area contributed by atoms with Crippen molar-refractivity contribution in [2.45, 2.75) is 57.7 Å². The lowest BCUT2D eigenvalue weighted by Gasteiger charge is -2.30. The first-order valence-electron chi connectivity index (χ1n) is 12.1. The molecule has 1 fully saturated rings. The summed E-state index contributed by atoms with van der Waals surface area (Å²) in [6.45, 7) is 4.61. The molecule has 0 bridgehead atoms.